The van der Waals surface area contributed by atoms with Crippen LogP contribution in [-0.4, -0.2) is 57.1 Å². The average molecular weight is 349 g/mol. The first kappa shape index (κ1) is 17.8. The van der Waals surface area contributed by atoms with E-state index >= 15 is 0 Å². The highest BCUT2D eigenvalue weighted by atomic mass is 16.5. The maximum absolute atomic E-state index is 13.3. The van der Waals surface area contributed by atoms with Crippen LogP contribution in [0, 0.1) is 12.8 Å². The third-order valence-electron chi connectivity index (χ3n) is 5.21. The summed E-state index contributed by atoms with van der Waals surface area (Å²) in [5, 5.41) is 9.93. The standard InChI is InChI=1S/C17H27N5O3/c1-11-4-6-17(7-5-11,19-13(3)23)16(24)22-8-9-25-14(10-22)15-18-12(2)20-21-15/h11,14H,4-10H2,1-3H3,(H,19,23)(H,18,20,21)/t11?,14-,17?/m0/s1. The normalized spacial score (nSPS) is 30.1. The summed E-state index contributed by atoms with van der Waals surface area (Å²) in [5.74, 6) is 1.72. The summed E-state index contributed by atoms with van der Waals surface area (Å²) < 4.78 is 5.75. The van der Waals surface area contributed by atoms with Crippen molar-refractivity contribution >= 4 is 11.8 Å². The molecule has 2 heterocycles. The van der Waals surface area contributed by atoms with Crippen LogP contribution in [-0.2, 0) is 14.3 Å². The number of carbonyl (C=O) groups excluding carboxylic acids is 2. The van der Waals surface area contributed by atoms with Gasteiger partial charge in [-0.3, -0.25) is 14.7 Å². The van der Waals surface area contributed by atoms with Crippen LogP contribution < -0.4 is 5.32 Å². The van der Waals surface area contributed by atoms with Crippen LogP contribution in [0.5, 0.6) is 0 Å². The monoisotopic (exact) mass is 349 g/mol. The third kappa shape index (κ3) is 3.84. The van der Waals surface area contributed by atoms with E-state index in [1.807, 2.05) is 6.92 Å². The Balaban J connectivity index is 1.75. The molecular formula is C17H27N5O3. The van der Waals surface area contributed by atoms with Crippen molar-refractivity contribution in [3.05, 3.63) is 11.6 Å². The Labute approximate surface area is 147 Å². The summed E-state index contributed by atoms with van der Waals surface area (Å²) in [6.07, 6.45) is 2.93. The number of hydrogen-bond donors (Lipinski definition) is 2. The Morgan fingerprint density at radius 1 is 1.36 bits per heavy atom. The molecule has 1 aliphatic carbocycles. The van der Waals surface area contributed by atoms with E-state index in [1.165, 1.54) is 6.92 Å². The molecule has 3 rings (SSSR count). The number of carbonyl (C=O) groups is 2. The number of ether oxygens (including phenoxy) is 1. The summed E-state index contributed by atoms with van der Waals surface area (Å²) in [6.45, 7) is 6.88. The molecule has 138 valence electrons. The molecule has 8 nitrogen and oxygen atoms in total. The summed E-state index contributed by atoms with van der Waals surface area (Å²) in [4.78, 5) is 31.2. The molecule has 8 heteroatoms. The Morgan fingerprint density at radius 3 is 2.68 bits per heavy atom. The van der Waals surface area contributed by atoms with E-state index < -0.39 is 5.54 Å². The van der Waals surface area contributed by atoms with Crippen LogP contribution in [0.15, 0.2) is 0 Å². The lowest BCUT2D eigenvalue weighted by atomic mass is 9.76. The number of nitrogens with one attached hydrogen (secondary N) is 2. The molecule has 2 N–H and O–H groups in total. The van der Waals surface area contributed by atoms with Crippen molar-refractivity contribution in [2.24, 2.45) is 5.92 Å². The molecular weight excluding hydrogens is 322 g/mol. The van der Waals surface area contributed by atoms with E-state index in [2.05, 4.69) is 27.4 Å². The molecule has 1 saturated heterocycles. The van der Waals surface area contributed by atoms with Gasteiger partial charge in [0.1, 0.15) is 17.5 Å². The molecule has 1 aromatic rings. The predicted molar refractivity (Wildman–Crippen MR) is 90.6 cm³/mol. The Morgan fingerprint density at radius 2 is 2.08 bits per heavy atom. The maximum atomic E-state index is 13.3. The van der Waals surface area contributed by atoms with Crippen LogP contribution in [0.2, 0.25) is 0 Å². The number of hydrogen-bond acceptors (Lipinski definition) is 5. The highest BCUT2D eigenvalue weighted by Gasteiger charge is 2.45. The fraction of sp³-hybridized carbons (Fsp3) is 0.765. The molecule has 2 aliphatic rings. The molecule has 1 aromatic heterocycles. The third-order valence-corrected chi connectivity index (χ3v) is 5.21. The van der Waals surface area contributed by atoms with Crippen LogP contribution in [0.3, 0.4) is 0 Å². The minimum absolute atomic E-state index is 0.00448. The van der Waals surface area contributed by atoms with Gasteiger partial charge in [0.2, 0.25) is 11.8 Å². The fourth-order valence-corrected chi connectivity index (χ4v) is 3.78. The lowest BCUT2D eigenvalue weighted by Gasteiger charge is -2.43. The first-order valence-corrected chi connectivity index (χ1v) is 8.98. The molecule has 2 fully saturated rings. The van der Waals surface area contributed by atoms with Gasteiger partial charge < -0.3 is 15.0 Å². The zero-order valence-corrected chi connectivity index (χ0v) is 15.2. The number of aryl methyl sites for hydroxylation is 1. The van der Waals surface area contributed by atoms with E-state index in [1.54, 1.807) is 4.90 Å². The number of morpholine rings is 1. The molecule has 2 amide bonds. The fourth-order valence-electron chi connectivity index (χ4n) is 3.78. The molecule has 1 aliphatic heterocycles. The zero-order valence-electron chi connectivity index (χ0n) is 15.2. The van der Waals surface area contributed by atoms with Gasteiger partial charge in [-0.25, -0.2) is 4.98 Å². The van der Waals surface area contributed by atoms with E-state index in [9.17, 15) is 9.59 Å². The van der Waals surface area contributed by atoms with Crippen molar-refractivity contribution in [2.75, 3.05) is 19.7 Å². The smallest absolute Gasteiger partial charge is 0.248 e. The summed E-state index contributed by atoms with van der Waals surface area (Å²) in [6, 6.07) is 0. The van der Waals surface area contributed by atoms with Gasteiger partial charge in [-0.05, 0) is 38.5 Å². The van der Waals surface area contributed by atoms with E-state index in [4.69, 9.17) is 4.74 Å². The lowest BCUT2D eigenvalue weighted by molar-refractivity contribution is -0.150. The molecule has 0 aromatic carbocycles. The minimum atomic E-state index is -0.783. The van der Waals surface area contributed by atoms with Crippen molar-refractivity contribution in [3.8, 4) is 0 Å². The summed E-state index contributed by atoms with van der Waals surface area (Å²) in [7, 11) is 0. The van der Waals surface area contributed by atoms with Crippen LogP contribution >= 0.6 is 0 Å². The predicted octanol–water partition coefficient (Wildman–Crippen LogP) is 1.10. The SMILES string of the molecule is CC(=O)NC1(C(=O)N2CCO[C@H](c3n[nH]c(C)n3)C2)CCC(C)CC1. The topological polar surface area (TPSA) is 100 Å². The van der Waals surface area contributed by atoms with Gasteiger partial charge in [0.15, 0.2) is 5.82 Å². The first-order chi connectivity index (χ1) is 11.9. The highest BCUT2D eigenvalue weighted by Crippen LogP contribution is 2.34. The van der Waals surface area contributed by atoms with Crippen molar-refractivity contribution in [1.29, 1.82) is 0 Å². The van der Waals surface area contributed by atoms with Gasteiger partial charge >= 0.3 is 0 Å². The van der Waals surface area contributed by atoms with Crippen LogP contribution in [0.4, 0.5) is 0 Å². The van der Waals surface area contributed by atoms with Gasteiger partial charge in [-0.15, -0.1) is 0 Å². The Bertz CT molecular complexity index is 636. The number of aromatic amines is 1. The Kier molecular flexibility index (Phi) is 5.08. The molecule has 1 atom stereocenters. The molecule has 0 radical (unpaired) electrons. The molecule has 25 heavy (non-hydrogen) atoms. The average Bonchev–Trinajstić information content (AvgIpc) is 3.03. The van der Waals surface area contributed by atoms with Gasteiger partial charge in [0.05, 0.1) is 13.2 Å². The Hall–Kier alpha value is -1.96. The second kappa shape index (κ2) is 7.11. The minimum Gasteiger partial charge on any atom is -0.366 e. The second-order valence-corrected chi connectivity index (χ2v) is 7.34. The molecule has 0 spiro atoms. The van der Waals surface area contributed by atoms with Crippen LogP contribution in [0.25, 0.3) is 0 Å². The van der Waals surface area contributed by atoms with Gasteiger partial charge in [-0.2, -0.15) is 5.10 Å². The maximum Gasteiger partial charge on any atom is 0.248 e. The highest BCUT2D eigenvalue weighted by molar-refractivity contribution is 5.91. The number of rotatable bonds is 3. The second-order valence-electron chi connectivity index (χ2n) is 7.34. The van der Waals surface area contributed by atoms with Crippen molar-refractivity contribution in [1.82, 2.24) is 25.4 Å². The van der Waals surface area contributed by atoms with Crippen molar-refractivity contribution < 1.29 is 14.3 Å². The van der Waals surface area contributed by atoms with E-state index in [-0.39, 0.29) is 17.9 Å². The van der Waals surface area contributed by atoms with Gasteiger partial charge in [0.25, 0.3) is 0 Å². The van der Waals surface area contributed by atoms with E-state index in [0.717, 1.165) is 18.7 Å². The largest absolute Gasteiger partial charge is 0.366 e. The number of nitrogens with zero attached hydrogens (tertiary/aromatic N) is 3. The van der Waals surface area contributed by atoms with Crippen molar-refractivity contribution in [2.45, 2.75) is 58.1 Å². The van der Waals surface area contributed by atoms with E-state index in [0.29, 0.717) is 44.3 Å². The molecule has 1 saturated carbocycles. The van der Waals surface area contributed by atoms with Crippen molar-refractivity contribution in [3.63, 3.8) is 0 Å². The van der Waals surface area contributed by atoms with Gasteiger partial charge in [-0.1, -0.05) is 6.92 Å². The summed E-state index contributed by atoms with van der Waals surface area (Å²) >= 11 is 0. The first-order valence-electron chi connectivity index (χ1n) is 8.98. The number of aromatic nitrogens is 3. The molecule has 0 unspecified atom stereocenters. The quantitative estimate of drug-likeness (QED) is 0.851. The zero-order chi connectivity index (χ0) is 18.0. The number of amides is 2. The molecule has 0 bridgehead atoms. The van der Waals surface area contributed by atoms with Gasteiger partial charge in [0, 0.05) is 13.5 Å². The summed E-state index contributed by atoms with van der Waals surface area (Å²) in [5.41, 5.74) is -0.783. The lowest BCUT2D eigenvalue weighted by Crippen LogP contribution is -2.62. The number of H-pyrrole nitrogens is 1. The van der Waals surface area contributed by atoms with Crippen LogP contribution in [0.1, 0.15) is 57.3 Å².